The van der Waals surface area contributed by atoms with Crippen LogP contribution in [0.1, 0.15) is 0 Å². The van der Waals surface area contributed by atoms with Crippen molar-refractivity contribution in [2.75, 3.05) is 0 Å². The second kappa shape index (κ2) is 4.46. The van der Waals surface area contributed by atoms with Crippen molar-refractivity contribution in [3.8, 4) is 11.1 Å². The fourth-order valence-electron chi connectivity index (χ4n) is 2.73. The van der Waals surface area contributed by atoms with Crippen LogP contribution < -0.4 is 0 Å². The Morgan fingerprint density at radius 2 is 1.55 bits per heavy atom. The molecule has 3 aromatic carbocycles. The minimum absolute atomic E-state index is 1.18. The summed E-state index contributed by atoms with van der Waals surface area (Å²) in [4.78, 5) is 4.17. The molecule has 0 amide bonds. The van der Waals surface area contributed by atoms with Gasteiger partial charge in [0.2, 0.25) is 0 Å². The Bertz CT molecular complexity index is 904. The topological polar surface area (TPSA) is 12.9 Å². The minimum atomic E-state index is 1.18. The third kappa shape index (κ3) is 1.76. The summed E-state index contributed by atoms with van der Waals surface area (Å²) < 4.78 is 0. The molecule has 0 saturated heterocycles. The van der Waals surface area contributed by atoms with Crippen molar-refractivity contribution in [1.29, 1.82) is 0 Å². The molecule has 0 aliphatic rings. The molecule has 94 valence electrons. The predicted octanol–water partition coefficient (Wildman–Crippen LogP) is 5.06. The van der Waals surface area contributed by atoms with Crippen LogP contribution in [-0.4, -0.2) is 4.98 Å². The van der Waals surface area contributed by atoms with Gasteiger partial charge in [0.25, 0.3) is 0 Å². The minimum Gasteiger partial charge on any atom is -0.264 e. The van der Waals surface area contributed by atoms with Crippen LogP contribution in [-0.2, 0) is 0 Å². The van der Waals surface area contributed by atoms with Crippen molar-refractivity contribution in [3.05, 3.63) is 79.1 Å². The van der Waals surface area contributed by atoms with Gasteiger partial charge in [0, 0.05) is 17.8 Å². The summed E-state index contributed by atoms with van der Waals surface area (Å²) in [5.74, 6) is 0. The first-order valence-electron chi connectivity index (χ1n) is 6.74. The van der Waals surface area contributed by atoms with Crippen molar-refractivity contribution in [3.63, 3.8) is 0 Å². The van der Waals surface area contributed by atoms with E-state index in [4.69, 9.17) is 0 Å². The van der Waals surface area contributed by atoms with Gasteiger partial charge in [0.1, 0.15) is 0 Å². The van der Waals surface area contributed by atoms with Gasteiger partial charge in [-0.2, -0.15) is 0 Å². The maximum atomic E-state index is 4.17. The summed E-state index contributed by atoms with van der Waals surface area (Å²) >= 11 is 0. The number of aromatic nitrogens is 1. The summed E-state index contributed by atoms with van der Waals surface area (Å²) in [5, 5.41) is 4.98. The second-order valence-corrected chi connectivity index (χ2v) is 4.96. The molecule has 1 nitrogen and oxygen atoms in total. The molecule has 0 saturated carbocycles. The highest BCUT2D eigenvalue weighted by Crippen LogP contribution is 2.30. The molecule has 0 unspecified atom stereocenters. The first kappa shape index (κ1) is 11.2. The van der Waals surface area contributed by atoms with E-state index in [-0.39, 0.29) is 0 Å². The largest absolute Gasteiger partial charge is 0.264 e. The van der Waals surface area contributed by atoms with Gasteiger partial charge in [-0.3, -0.25) is 4.98 Å². The van der Waals surface area contributed by atoms with Crippen molar-refractivity contribution in [2.24, 2.45) is 0 Å². The van der Waals surface area contributed by atoms with E-state index >= 15 is 0 Å². The standard InChI is InChI=1S/C19H13N/c1-2-6-18-14(4-1)5-3-7-19(18)16-8-9-17-13-20-11-10-15(17)12-16/h1-13H. The second-order valence-electron chi connectivity index (χ2n) is 4.96. The number of benzene rings is 3. The molecule has 1 aromatic heterocycles. The van der Waals surface area contributed by atoms with E-state index in [0.717, 1.165) is 0 Å². The van der Waals surface area contributed by atoms with Crippen LogP contribution >= 0.6 is 0 Å². The predicted molar refractivity (Wildman–Crippen MR) is 84.7 cm³/mol. The maximum absolute atomic E-state index is 4.17. The van der Waals surface area contributed by atoms with Gasteiger partial charge in [-0.05, 0) is 39.4 Å². The molecule has 20 heavy (non-hydrogen) atoms. The Labute approximate surface area is 117 Å². The number of nitrogens with zero attached hydrogens (tertiary/aromatic N) is 1. The summed E-state index contributed by atoms with van der Waals surface area (Å²) in [6, 6.07) is 23.6. The molecule has 0 radical (unpaired) electrons. The highest BCUT2D eigenvalue weighted by atomic mass is 14.6. The van der Waals surface area contributed by atoms with E-state index < -0.39 is 0 Å². The van der Waals surface area contributed by atoms with E-state index in [1.54, 1.807) is 0 Å². The SMILES string of the molecule is c1ccc2c(-c3ccc4cnccc4c3)cccc2c1. The Kier molecular flexibility index (Phi) is 2.49. The van der Waals surface area contributed by atoms with E-state index in [1.165, 1.54) is 32.7 Å². The molecule has 0 aliphatic heterocycles. The third-order valence-electron chi connectivity index (χ3n) is 3.74. The van der Waals surface area contributed by atoms with E-state index in [1.807, 2.05) is 12.4 Å². The third-order valence-corrected chi connectivity index (χ3v) is 3.74. The van der Waals surface area contributed by atoms with Crippen molar-refractivity contribution in [2.45, 2.75) is 0 Å². The van der Waals surface area contributed by atoms with Crippen LogP contribution in [0, 0.1) is 0 Å². The average Bonchev–Trinajstić information content (AvgIpc) is 2.54. The summed E-state index contributed by atoms with van der Waals surface area (Å²) in [7, 11) is 0. The molecule has 0 N–H and O–H groups in total. The van der Waals surface area contributed by atoms with Crippen LogP contribution in [0.4, 0.5) is 0 Å². The zero-order valence-electron chi connectivity index (χ0n) is 11.0. The highest BCUT2D eigenvalue weighted by Gasteiger charge is 2.04. The molecule has 0 fully saturated rings. The van der Waals surface area contributed by atoms with E-state index in [0.29, 0.717) is 0 Å². The normalized spacial score (nSPS) is 11.0. The number of fused-ring (bicyclic) bond motifs is 2. The Morgan fingerprint density at radius 3 is 2.55 bits per heavy atom. The number of pyridine rings is 1. The van der Waals surface area contributed by atoms with Crippen LogP contribution in [0.15, 0.2) is 79.1 Å². The molecule has 0 bridgehead atoms. The van der Waals surface area contributed by atoms with Crippen LogP contribution in [0.25, 0.3) is 32.7 Å². The Morgan fingerprint density at radius 1 is 0.650 bits per heavy atom. The van der Waals surface area contributed by atoms with Gasteiger partial charge in [-0.25, -0.2) is 0 Å². The van der Waals surface area contributed by atoms with Gasteiger partial charge in [-0.15, -0.1) is 0 Å². The van der Waals surface area contributed by atoms with E-state index in [2.05, 4.69) is 71.7 Å². The van der Waals surface area contributed by atoms with Gasteiger partial charge in [0.15, 0.2) is 0 Å². The summed E-state index contributed by atoms with van der Waals surface area (Å²) in [6.45, 7) is 0. The first-order chi connectivity index (χ1) is 9.92. The lowest BCUT2D eigenvalue weighted by atomic mass is 9.97. The molecule has 4 rings (SSSR count). The van der Waals surface area contributed by atoms with E-state index in [9.17, 15) is 0 Å². The Balaban J connectivity index is 2.01. The zero-order chi connectivity index (χ0) is 13.4. The van der Waals surface area contributed by atoms with Gasteiger partial charge >= 0.3 is 0 Å². The quantitative estimate of drug-likeness (QED) is 0.463. The van der Waals surface area contributed by atoms with Gasteiger partial charge in [-0.1, -0.05) is 54.6 Å². The van der Waals surface area contributed by atoms with Crippen LogP contribution in [0.5, 0.6) is 0 Å². The molecule has 4 aromatic rings. The van der Waals surface area contributed by atoms with Crippen molar-refractivity contribution < 1.29 is 0 Å². The number of hydrogen-bond donors (Lipinski definition) is 0. The lowest BCUT2D eigenvalue weighted by Gasteiger charge is -2.08. The van der Waals surface area contributed by atoms with Gasteiger partial charge < -0.3 is 0 Å². The molecular formula is C19H13N. The number of hydrogen-bond acceptors (Lipinski definition) is 1. The molecular weight excluding hydrogens is 242 g/mol. The monoisotopic (exact) mass is 255 g/mol. The molecule has 0 spiro atoms. The van der Waals surface area contributed by atoms with Crippen molar-refractivity contribution >= 4 is 21.5 Å². The molecule has 1 heterocycles. The lowest BCUT2D eigenvalue weighted by Crippen LogP contribution is -1.82. The summed E-state index contributed by atoms with van der Waals surface area (Å²) in [6.07, 6.45) is 3.75. The molecule has 1 heteroatoms. The lowest BCUT2D eigenvalue weighted by molar-refractivity contribution is 1.36. The molecule has 0 aliphatic carbocycles. The average molecular weight is 255 g/mol. The van der Waals surface area contributed by atoms with Gasteiger partial charge in [0.05, 0.1) is 0 Å². The summed E-state index contributed by atoms with van der Waals surface area (Å²) in [5.41, 5.74) is 2.53. The number of rotatable bonds is 1. The maximum Gasteiger partial charge on any atom is 0.0346 e. The van der Waals surface area contributed by atoms with Crippen molar-refractivity contribution in [1.82, 2.24) is 4.98 Å². The van der Waals surface area contributed by atoms with Crippen LogP contribution in [0.3, 0.4) is 0 Å². The highest BCUT2D eigenvalue weighted by molar-refractivity contribution is 5.98. The fraction of sp³-hybridized carbons (Fsp3) is 0. The fourth-order valence-corrected chi connectivity index (χ4v) is 2.73. The smallest absolute Gasteiger partial charge is 0.0346 e. The first-order valence-corrected chi connectivity index (χ1v) is 6.74. The Hall–Kier alpha value is -2.67. The van der Waals surface area contributed by atoms with Crippen LogP contribution in [0.2, 0.25) is 0 Å². The zero-order valence-corrected chi connectivity index (χ0v) is 11.0. The molecule has 0 atom stereocenters.